The quantitative estimate of drug-likeness (QED) is 0.433. The Kier molecular flexibility index (Phi) is 6.10. The van der Waals surface area contributed by atoms with Crippen molar-refractivity contribution in [1.29, 1.82) is 0 Å². The molecule has 0 saturated heterocycles. The average molecular weight is 448 g/mol. The van der Waals surface area contributed by atoms with Crippen LogP contribution in [0.5, 0.6) is 5.75 Å². The number of anilines is 1. The lowest BCUT2D eigenvalue weighted by Crippen LogP contribution is -2.31. The van der Waals surface area contributed by atoms with Crippen LogP contribution in [-0.4, -0.2) is 22.1 Å². The molecule has 4 rings (SSSR count). The highest BCUT2D eigenvalue weighted by Gasteiger charge is 2.21. The van der Waals surface area contributed by atoms with Crippen LogP contribution in [0, 0.1) is 13.8 Å². The Labute approximate surface area is 190 Å². The van der Waals surface area contributed by atoms with Crippen LogP contribution in [0.15, 0.2) is 59.0 Å². The molecule has 1 N–H and O–H groups in total. The van der Waals surface area contributed by atoms with Gasteiger partial charge in [0, 0.05) is 16.6 Å². The van der Waals surface area contributed by atoms with Crippen molar-refractivity contribution in [1.82, 2.24) is 9.55 Å². The summed E-state index contributed by atoms with van der Waals surface area (Å²) in [4.78, 5) is 31.4. The van der Waals surface area contributed by atoms with Crippen molar-refractivity contribution in [2.45, 2.75) is 33.7 Å². The first kappa shape index (κ1) is 21.8. The molecule has 2 aromatic carbocycles. The first-order valence-corrected chi connectivity index (χ1v) is 11.4. The predicted molar refractivity (Wildman–Crippen MR) is 130 cm³/mol. The molecule has 0 aliphatic carbocycles. The fraction of sp³-hybridized carbons (Fsp3) is 0.240. The summed E-state index contributed by atoms with van der Waals surface area (Å²) >= 11 is 1.42. The lowest BCUT2D eigenvalue weighted by Gasteiger charge is -2.16. The number of carbonyl (C=O) groups excluding carboxylic acids is 1. The Hall–Kier alpha value is -3.45. The predicted octanol–water partition coefficient (Wildman–Crippen LogP) is 5.34. The van der Waals surface area contributed by atoms with Crippen LogP contribution >= 0.6 is 11.3 Å². The van der Waals surface area contributed by atoms with Gasteiger partial charge in [-0.05, 0) is 57.0 Å². The Balaban J connectivity index is 1.67. The molecule has 0 fully saturated rings. The van der Waals surface area contributed by atoms with E-state index in [1.54, 1.807) is 6.92 Å². The van der Waals surface area contributed by atoms with Gasteiger partial charge >= 0.3 is 0 Å². The molecule has 1 atom stereocenters. The SMILES string of the molecule is CCOc1ccc(-c2csc3ncn(C(C)C(=O)Nc4ccc(C)cc4C)c(=O)c23)cc1. The van der Waals surface area contributed by atoms with Crippen LogP contribution in [0.2, 0.25) is 0 Å². The largest absolute Gasteiger partial charge is 0.494 e. The number of hydrogen-bond donors (Lipinski definition) is 1. The molecular weight excluding hydrogens is 422 g/mol. The van der Waals surface area contributed by atoms with Crippen molar-refractivity contribution >= 4 is 33.1 Å². The zero-order valence-electron chi connectivity index (χ0n) is 18.5. The van der Waals surface area contributed by atoms with E-state index in [0.29, 0.717) is 16.8 Å². The summed E-state index contributed by atoms with van der Waals surface area (Å²) in [6.07, 6.45) is 1.45. The van der Waals surface area contributed by atoms with E-state index in [1.165, 1.54) is 22.2 Å². The van der Waals surface area contributed by atoms with E-state index in [-0.39, 0.29) is 11.5 Å². The summed E-state index contributed by atoms with van der Waals surface area (Å²) in [5.74, 6) is 0.515. The molecule has 32 heavy (non-hydrogen) atoms. The molecule has 0 bridgehead atoms. The monoisotopic (exact) mass is 447 g/mol. The highest BCUT2D eigenvalue weighted by Crippen LogP contribution is 2.32. The van der Waals surface area contributed by atoms with Gasteiger partial charge in [0.1, 0.15) is 16.6 Å². The van der Waals surface area contributed by atoms with E-state index in [4.69, 9.17) is 4.74 Å². The second kappa shape index (κ2) is 8.96. The van der Waals surface area contributed by atoms with Gasteiger partial charge in [-0.3, -0.25) is 14.2 Å². The number of amides is 1. The highest BCUT2D eigenvalue weighted by molar-refractivity contribution is 7.17. The minimum atomic E-state index is -0.715. The van der Waals surface area contributed by atoms with Crippen LogP contribution in [0.25, 0.3) is 21.3 Å². The molecule has 4 aromatic rings. The number of ether oxygens (including phenoxy) is 1. The number of fused-ring (bicyclic) bond motifs is 1. The minimum Gasteiger partial charge on any atom is -0.494 e. The molecule has 1 unspecified atom stereocenters. The number of carbonyl (C=O) groups is 1. The summed E-state index contributed by atoms with van der Waals surface area (Å²) in [6.45, 7) is 8.19. The van der Waals surface area contributed by atoms with Gasteiger partial charge in [0.15, 0.2) is 0 Å². The lowest BCUT2D eigenvalue weighted by atomic mass is 10.1. The number of rotatable bonds is 6. The van der Waals surface area contributed by atoms with Crippen molar-refractivity contribution in [3.63, 3.8) is 0 Å². The summed E-state index contributed by atoms with van der Waals surface area (Å²) < 4.78 is 6.90. The Morgan fingerprint density at radius 3 is 2.62 bits per heavy atom. The zero-order chi connectivity index (χ0) is 22.8. The van der Waals surface area contributed by atoms with Crippen molar-refractivity contribution in [2.24, 2.45) is 0 Å². The third-order valence-corrected chi connectivity index (χ3v) is 6.32. The van der Waals surface area contributed by atoms with Crippen LogP contribution in [-0.2, 0) is 4.79 Å². The molecule has 0 aliphatic heterocycles. The number of thiophene rings is 1. The van der Waals surface area contributed by atoms with Gasteiger partial charge in [0.05, 0.1) is 18.3 Å². The van der Waals surface area contributed by atoms with E-state index in [0.717, 1.165) is 33.7 Å². The van der Waals surface area contributed by atoms with Gasteiger partial charge in [-0.1, -0.05) is 29.8 Å². The highest BCUT2D eigenvalue weighted by atomic mass is 32.1. The maximum atomic E-state index is 13.4. The maximum Gasteiger partial charge on any atom is 0.263 e. The van der Waals surface area contributed by atoms with Crippen molar-refractivity contribution in [3.05, 3.63) is 75.7 Å². The number of benzene rings is 2. The molecule has 7 heteroatoms. The average Bonchev–Trinajstić information content (AvgIpc) is 3.21. The molecular formula is C25H25N3O3S. The molecule has 0 saturated carbocycles. The fourth-order valence-electron chi connectivity index (χ4n) is 3.65. The van der Waals surface area contributed by atoms with Crippen molar-refractivity contribution in [2.75, 3.05) is 11.9 Å². The van der Waals surface area contributed by atoms with E-state index >= 15 is 0 Å². The Bertz CT molecular complexity index is 1340. The molecule has 0 spiro atoms. The summed E-state index contributed by atoms with van der Waals surface area (Å²) in [5.41, 5.74) is 4.31. The molecule has 6 nitrogen and oxygen atoms in total. The number of aromatic nitrogens is 2. The second-order valence-electron chi connectivity index (χ2n) is 7.73. The topological polar surface area (TPSA) is 73.2 Å². The molecule has 164 valence electrons. The van der Waals surface area contributed by atoms with Gasteiger partial charge in [0.25, 0.3) is 5.56 Å². The minimum absolute atomic E-state index is 0.233. The summed E-state index contributed by atoms with van der Waals surface area (Å²) in [7, 11) is 0. The van der Waals surface area contributed by atoms with Gasteiger partial charge in [-0.2, -0.15) is 0 Å². The first-order valence-electron chi connectivity index (χ1n) is 10.5. The van der Waals surface area contributed by atoms with Crippen LogP contribution < -0.4 is 15.6 Å². The van der Waals surface area contributed by atoms with E-state index in [1.807, 2.05) is 68.6 Å². The first-order chi connectivity index (χ1) is 15.4. The van der Waals surface area contributed by atoms with Gasteiger partial charge in [-0.25, -0.2) is 4.98 Å². The number of nitrogens with one attached hydrogen (secondary N) is 1. The second-order valence-corrected chi connectivity index (χ2v) is 8.59. The molecule has 0 radical (unpaired) electrons. The van der Waals surface area contributed by atoms with Crippen LogP contribution in [0.1, 0.15) is 31.0 Å². The van der Waals surface area contributed by atoms with E-state index in [9.17, 15) is 9.59 Å². The molecule has 2 heterocycles. The zero-order valence-corrected chi connectivity index (χ0v) is 19.3. The summed E-state index contributed by atoms with van der Waals surface area (Å²) in [6, 6.07) is 12.7. The van der Waals surface area contributed by atoms with Crippen molar-refractivity contribution < 1.29 is 9.53 Å². The number of hydrogen-bond acceptors (Lipinski definition) is 5. The Morgan fingerprint density at radius 1 is 1.19 bits per heavy atom. The summed E-state index contributed by atoms with van der Waals surface area (Å²) in [5, 5.41) is 5.38. The molecule has 1 amide bonds. The molecule has 2 aromatic heterocycles. The normalized spacial score (nSPS) is 12.0. The van der Waals surface area contributed by atoms with Crippen LogP contribution in [0.4, 0.5) is 5.69 Å². The Morgan fingerprint density at radius 2 is 1.94 bits per heavy atom. The molecule has 0 aliphatic rings. The standard InChI is InChI=1S/C25H25N3O3S/c1-5-31-19-9-7-18(8-10-19)20-13-32-24-22(20)25(30)28(14-26-24)17(4)23(29)27-21-11-6-15(2)12-16(21)3/h6-14,17H,5H2,1-4H3,(H,27,29). The van der Waals surface area contributed by atoms with Crippen LogP contribution in [0.3, 0.4) is 0 Å². The third-order valence-electron chi connectivity index (χ3n) is 5.43. The smallest absolute Gasteiger partial charge is 0.263 e. The maximum absolute atomic E-state index is 13.4. The lowest BCUT2D eigenvalue weighted by molar-refractivity contribution is -0.118. The van der Waals surface area contributed by atoms with E-state index < -0.39 is 6.04 Å². The third kappa shape index (κ3) is 4.16. The van der Waals surface area contributed by atoms with Gasteiger partial charge in [-0.15, -0.1) is 11.3 Å². The van der Waals surface area contributed by atoms with Gasteiger partial charge in [0.2, 0.25) is 5.91 Å². The van der Waals surface area contributed by atoms with E-state index in [2.05, 4.69) is 10.3 Å². The van der Waals surface area contributed by atoms with Crippen molar-refractivity contribution in [3.8, 4) is 16.9 Å². The fourth-order valence-corrected chi connectivity index (χ4v) is 4.56. The van der Waals surface area contributed by atoms with Gasteiger partial charge < -0.3 is 10.1 Å². The number of nitrogens with zero attached hydrogens (tertiary/aromatic N) is 2. The number of aryl methyl sites for hydroxylation is 2.